The molecule has 182 valence electrons. The number of sulfone groups is 1. The van der Waals surface area contributed by atoms with Crippen LogP contribution in [0.25, 0.3) is 0 Å². The molecule has 1 fully saturated rings. The molecule has 4 rings (SSSR count). The fourth-order valence-corrected chi connectivity index (χ4v) is 6.06. The Balaban J connectivity index is 0.00000324. The van der Waals surface area contributed by atoms with Gasteiger partial charge in [-0.3, -0.25) is 0 Å². The average molecular weight is 565 g/mol. The minimum Gasteiger partial charge on any atom is -0.369 e. The SMILES string of the molecule is CC(Cc1cccc(Br)c1)c1cc(N2CCNCC2)cc(Nc2ccccc2)c1S(C)(=O)=O.Cl. The Morgan fingerprint density at radius 2 is 1.74 bits per heavy atom. The molecule has 1 unspecified atom stereocenters. The van der Waals surface area contributed by atoms with Gasteiger partial charge in [0.2, 0.25) is 0 Å². The Kier molecular flexibility index (Phi) is 9.04. The van der Waals surface area contributed by atoms with Crippen molar-refractivity contribution in [3.05, 3.63) is 82.3 Å². The lowest BCUT2D eigenvalue weighted by Crippen LogP contribution is -2.43. The van der Waals surface area contributed by atoms with E-state index in [2.05, 4.69) is 56.6 Å². The maximum Gasteiger partial charge on any atom is 0.177 e. The van der Waals surface area contributed by atoms with Gasteiger partial charge in [0.25, 0.3) is 0 Å². The number of benzene rings is 3. The van der Waals surface area contributed by atoms with Crippen molar-refractivity contribution >= 4 is 55.2 Å². The van der Waals surface area contributed by atoms with Crippen molar-refractivity contribution in [3.63, 3.8) is 0 Å². The van der Waals surface area contributed by atoms with Gasteiger partial charge in [0.05, 0.1) is 10.6 Å². The van der Waals surface area contributed by atoms with Gasteiger partial charge < -0.3 is 15.5 Å². The summed E-state index contributed by atoms with van der Waals surface area (Å²) < 4.78 is 27.2. The molecular weight excluding hydrogens is 534 g/mol. The van der Waals surface area contributed by atoms with Crippen LogP contribution >= 0.6 is 28.3 Å². The van der Waals surface area contributed by atoms with E-state index in [4.69, 9.17) is 0 Å². The highest BCUT2D eigenvalue weighted by Crippen LogP contribution is 2.38. The van der Waals surface area contributed by atoms with E-state index in [1.54, 1.807) is 0 Å². The largest absolute Gasteiger partial charge is 0.369 e. The number of hydrogen-bond acceptors (Lipinski definition) is 5. The second kappa shape index (κ2) is 11.6. The summed E-state index contributed by atoms with van der Waals surface area (Å²) in [5.74, 6) is 0.0169. The van der Waals surface area contributed by atoms with E-state index in [-0.39, 0.29) is 18.3 Å². The summed E-state index contributed by atoms with van der Waals surface area (Å²) in [6, 6.07) is 22.0. The summed E-state index contributed by atoms with van der Waals surface area (Å²) in [5, 5.41) is 6.79. The zero-order valence-electron chi connectivity index (χ0n) is 19.4. The fraction of sp³-hybridized carbons (Fsp3) is 0.308. The highest BCUT2D eigenvalue weighted by molar-refractivity contribution is 9.10. The molecule has 0 saturated carbocycles. The van der Waals surface area contributed by atoms with E-state index >= 15 is 0 Å². The summed E-state index contributed by atoms with van der Waals surface area (Å²) in [6.45, 7) is 5.72. The van der Waals surface area contributed by atoms with Crippen molar-refractivity contribution in [1.29, 1.82) is 0 Å². The Bertz CT molecular complexity index is 1220. The molecule has 1 heterocycles. The molecule has 1 atom stereocenters. The number of piperazine rings is 1. The number of hydrogen-bond donors (Lipinski definition) is 2. The number of nitrogens with one attached hydrogen (secondary N) is 2. The van der Waals surface area contributed by atoms with E-state index in [1.165, 1.54) is 11.8 Å². The first-order valence-electron chi connectivity index (χ1n) is 11.2. The molecule has 1 aliphatic heterocycles. The molecule has 5 nitrogen and oxygen atoms in total. The maximum absolute atomic E-state index is 13.1. The lowest BCUT2D eigenvalue weighted by Gasteiger charge is -2.31. The topological polar surface area (TPSA) is 61.4 Å². The van der Waals surface area contributed by atoms with E-state index < -0.39 is 9.84 Å². The van der Waals surface area contributed by atoms with Crippen molar-refractivity contribution in [3.8, 4) is 0 Å². The van der Waals surface area contributed by atoms with Gasteiger partial charge in [-0.2, -0.15) is 0 Å². The van der Waals surface area contributed by atoms with Crippen LogP contribution in [0.5, 0.6) is 0 Å². The Morgan fingerprint density at radius 3 is 2.38 bits per heavy atom. The summed E-state index contributed by atoms with van der Waals surface area (Å²) in [7, 11) is -3.48. The van der Waals surface area contributed by atoms with Crippen LogP contribution < -0.4 is 15.5 Å². The third kappa shape index (κ3) is 6.54. The van der Waals surface area contributed by atoms with Crippen LogP contribution in [-0.2, 0) is 16.3 Å². The van der Waals surface area contributed by atoms with E-state index in [1.807, 2.05) is 48.5 Å². The van der Waals surface area contributed by atoms with Crippen LogP contribution in [-0.4, -0.2) is 40.9 Å². The van der Waals surface area contributed by atoms with Crippen LogP contribution in [0, 0.1) is 0 Å². The predicted octanol–water partition coefficient (Wildman–Crippen LogP) is 5.77. The summed E-state index contributed by atoms with van der Waals surface area (Å²) >= 11 is 3.55. The molecule has 0 bridgehead atoms. The molecule has 0 aromatic heterocycles. The van der Waals surface area contributed by atoms with Gasteiger partial charge in [-0.05, 0) is 59.9 Å². The molecule has 34 heavy (non-hydrogen) atoms. The first-order chi connectivity index (χ1) is 15.8. The van der Waals surface area contributed by atoms with Crippen LogP contribution in [0.1, 0.15) is 24.0 Å². The lowest BCUT2D eigenvalue weighted by atomic mass is 9.92. The van der Waals surface area contributed by atoms with Crippen molar-refractivity contribution in [2.45, 2.75) is 24.2 Å². The molecule has 3 aromatic rings. The van der Waals surface area contributed by atoms with Gasteiger partial charge in [-0.25, -0.2) is 8.42 Å². The van der Waals surface area contributed by atoms with Crippen molar-refractivity contribution in [2.75, 3.05) is 42.7 Å². The molecule has 0 radical (unpaired) electrons. The highest BCUT2D eigenvalue weighted by Gasteiger charge is 2.25. The second-order valence-corrected chi connectivity index (χ2v) is 11.5. The number of nitrogens with zero attached hydrogens (tertiary/aromatic N) is 1. The van der Waals surface area contributed by atoms with Gasteiger partial charge in [0, 0.05) is 48.3 Å². The van der Waals surface area contributed by atoms with Crippen LogP contribution in [0.3, 0.4) is 0 Å². The number of para-hydroxylation sites is 1. The average Bonchev–Trinajstić information content (AvgIpc) is 2.79. The minimum atomic E-state index is -3.48. The van der Waals surface area contributed by atoms with Gasteiger partial charge in [-0.15, -0.1) is 12.4 Å². The molecule has 1 aliphatic rings. The van der Waals surface area contributed by atoms with Crippen molar-refractivity contribution < 1.29 is 8.42 Å². The molecular formula is C26H31BrClN3O2S. The summed E-state index contributed by atoms with van der Waals surface area (Å²) in [4.78, 5) is 2.71. The zero-order valence-corrected chi connectivity index (χ0v) is 22.6. The third-order valence-electron chi connectivity index (χ3n) is 5.97. The third-order valence-corrected chi connectivity index (χ3v) is 7.66. The van der Waals surface area contributed by atoms with Crippen LogP contribution in [0.2, 0.25) is 0 Å². The minimum absolute atomic E-state index is 0. The lowest BCUT2D eigenvalue weighted by molar-refractivity contribution is 0.587. The van der Waals surface area contributed by atoms with E-state index in [0.29, 0.717) is 10.6 Å². The van der Waals surface area contributed by atoms with E-state index in [0.717, 1.165) is 54.0 Å². The molecule has 3 aromatic carbocycles. The van der Waals surface area contributed by atoms with Crippen LogP contribution in [0.4, 0.5) is 17.1 Å². The number of halogens is 2. The molecule has 0 amide bonds. The Hall–Kier alpha value is -2.06. The zero-order chi connectivity index (χ0) is 23.4. The quantitative estimate of drug-likeness (QED) is 0.381. The van der Waals surface area contributed by atoms with Crippen molar-refractivity contribution in [2.24, 2.45) is 0 Å². The monoisotopic (exact) mass is 563 g/mol. The van der Waals surface area contributed by atoms with Gasteiger partial charge in [0.15, 0.2) is 9.84 Å². The molecule has 2 N–H and O–H groups in total. The molecule has 0 aliphatic carbocycles. The Labute approximate surface area is 217 Å². The first kappa shape index (κ1) is 26.5. The van der Waals surface area contributed by atoms with Crippen molar-refractivity contribution in [1.82, 2.24) is 5.32 Å². The maximum atomic E-state index is 13.1. The Morgan fingerprint density at radius 1 is 1.03 bits per heavy atom. The fourth-order valence-electron chi connectivity index (χ4n) is 4.42. The summed E-state index contributed by atoms with van der Waals surface area (Å²) in [6.07, 6.45) is 2.05. The number of anilines is 3. The van der Waals surface area contributed by atoms with Gasteiger partial charge in [-0.1, -0.05) is 53.2 Å². The standard InChI is InChI=1S/C26H30BrN3O2S.ClH/c1-19(15-20-7-6-8-21(27)16-20)24-17-23(30-13-11-28-12-14-30)18-25(26(24)33(2,31)32)29-22-9-4-3-5-10-22;/h3-10,16-19,28-29H,11-15H2,1-2H3;1H. The molecule has 8 heteroatoms. The predicted molar refractivity (Wildman–Crippen MR) is 148 cm³/mol. The molecule has 0 spiro atoms. The smallest absolute Gasteiger partial charge is 0.177 e. The normalized spacial score (nSPS) is 14.9. The van der Waals surface area contributed by atoms with Crippen LogP contribution in [0.15, 0.2) is 76.1 Å². The van der Waals surface area contributed by atoms with Gasteiger partial charge in [0.1, 0.15) is 0 Å². The highest BCUT2D eigenvalue weighted by atomic mass is 79.9. The van der Waals surface area contributed by atoms with E-state index in [9.17, 15) is 8.42 Å². The van der Waals surface area contributed by atoms with Gasteiger partial charge >= 0.3 is 0 Å². The summed E-state index contributed by atoms with van der Waals surface area (Å²) in [5.41, 5.74) is 4.58. The first-order valence-corrected chi connectivity index (χ1v) is 13.9. The molecule has 1 saturated heterocycles. The number of rotatable bonds is 7. The second-order valence-electron chi connectivity index (χ2n) is 8.65.